The van der Waals surface area contributed by atoms with Gasteiger partial charge in [0.25, 0.3) is 0 Å². The number of hydrogen-bond donors (Lipinski definition) is 0. The summed E-state index contributed by atoms with van der Waals surface area (Å²) in [5, 5.41) is 0.761. The standard InChI is InChI=1S/C18H14F3NS/c1-11-12(2)17(13-6-4-3-5-7-13)22-16-9-8-14(10-15(11)16)23-18(19,20)21/h3-10H,1-2H3. The van der Waals surface area contributed by atoms with Gasteiger partial charge in [-0.05, 0) is 54.9 Å². The first-order chi connectivity index (χ1) is 10.8. The van der Waals surface area contributed by atoms with Crippen molar-refractivity contribution in [1.82, 2.24) is 4.98 Å². The zero-order valence-electron chi connectivity index (χ0n) is 12.6. The molecule has 0 saturated heterocycles. The van der Waals surface area contributed by atoms with E-state index in [1.807, 2.05) is 44.2 Å². The van der Waals surface area contributed by atoms with Gasteiger partial charge in [0.15, 0.2) is 0 Å². The summed E-state index contributed by atoms with van der Waals surface area (Å²) >= 11 is -0.0971. The number of thioether (sulfide) groups is 1. The van der Waals surface area contributed by atoms with Gasteiger partial charge in [0.05, 0.1) is 11.2 Å². The number of nitrogens with zero attached hydrogens (tertiary/aromatic N) is 1. The topological polar surface area (TPSA) is 12.9 Å². The molecule has 0 saturated carbocycles. The molecule has 0 spiro atoms. The number of benzene rings is 2. The average molecular weight is 333 g/mol. The van der Waals surface area contributed by atoms with Crippen LogP contribution in [0.5, 0.6) is 0 Å². The molecule has 0 fully saturated rings. The molecule has 1 heterocycles. The monoisotopic (exact) mass is 333 g/mol. The van der Waals surface area contributed by atoms with Crippen LogP contribution < -0.4 is 0 Å². The van der Waals surface area contributed by atoms with E-state index in [9.17, 15) is 13.2 Å². The zero-order chi connectivity index (χ0) is 16.6. The summed E-state index contributed by atoms with van der Waals surface area (Å²) < 4.78 is 37.7. The number of pyridine rings is 1. The number of halogens is 3. The van der Waals surface area contributed by atoms with Gasteiger partial charge in [-0.1, -0.05) is 30.3 Å². The number of aromatic nitrogens is 1. The molecule has 3 rings (SSSR count). The molecule has 1 nitrogen and oxygen atoms in total. The van der Waals surface area contributed by atoms with E-state index in [1.54, 1.807) is 12.1 Å². The third-order valence-electron chi connectivity index (χ3n) is 3.80. The van der Waals surface area contributed by atoms with E-state index in [0.29, 0.717) is 5.52 Å². The second-order valence-electron chi connectivity index (χ2n) is 5.30. The molecule has 0 amide bonds. The van der Waals surface area contributed by atoms with Crippen LogP contribution >= 0.6 is 11.8 Å². The van der Waals surface area contributed by atoms with Crippen molar-refractivity contribution in [1.29, 1.82) is 0 Å². The molecule has 5 heteroatoms. The van der Waals surface area contributed by atoms with Crippen molar-refractivity contribution in [3.05, 3.63) is 59.7 Å². The minimum absolute atomic E-state index is 0.0971. The average Bonchev–Trinajstić information content (AvgIpc) is 2.50. The van der Waals surface area contributed by atoms with Gasteiger partial charge in [0.2, 0.25) is 0 Å². The number of alkyl halides is 3. The van der Waals surface area contributed by atoms with Gasteiger partial charge in [0, 0.05) is 15.8 Å². The van der Waals surface area contributed by atoms with Crippen LogP contribution in [0.4, 0.5) is 13.2 Å². The fourth-order valence-electron chi connectivity index (χ4n) is 2.57. The lowest BCUT2D eigenvalue weighted by atomic mass is 9.99. The summed E-state index contributed by atoms with van der Waals surface area (Å²) in [6.07, 6.45) is 0. The summed E-state index contributed by atoms with van der Waals surface area (Å²) in [6, 6.07) is 14.5. The quantitative estimate of drug-likeness (QED) is 0.523. The Labute approximate surface area is 136 Å². The Morgan fingerprint density at radius 1 is 0.913 bits per heavy atom. The largest absolute Gasteiger partial charge is 0.446 e. The summed E-state index contributed by atoms with van der Waals surface area (Å²) in [6.45, 7) is 3.88. The van der Waals surface area contributed by atoms with E-state index in [0.717, 1.165) is 27.8 Å². The summed E-state index contributed by atoms with van der Waals surface area (Å²) in [5.41, 5.74) is 0.235. The Morgan fingerprint density at radius 3 is 2.26 bits per heavy atom. The lowest BCUT2D eigenvalue weighted by Gasteiger charge is -2.13. The Morgan fingerprint density at radius 2 is 1.61 bits per heavy atom. The third kappa shape index (κ3) is 3.34. The first-order valence-electron chi connectivity index (χ1n) is 7.07. The molecule has 0 unspecified atom stereocenters. The maximum atomic E-state index is 12.6. The number of aryl methyl sites for hydroxylation is 1. The highest BCUT2D eigenvalue weighted by Gasteiger charge is 2.29. The van der Waals surface area contributed by atoms with Gasteiger partial charge in [0.1, 0.15) is 0 Å². The maximum absolute atomic E-state index is 12.6. The molecular weight excluding hydrogens is 319 g/mol. The third-order valence-corrected chi connectivity index (χ3v) is 4.52. The lowest BCUT2D eigenvalue weighted by Crippen LogP contribution is -1.99. The summed E-state index contributed by atoms with van der Waals surface area (Å²) in [4.78, 5) is 4.84. The van der Waals surface area contributed by atoms with Crippen LogP contribution in [0.25, 0.3) is 22.2 Å². The van der Waals surface area contributed by atoms with Crippen molar-refractivity contribution < 1.29 is 13.2 Å². The van der Waals surface area contributed by atoms with Gasteiger partial charge < -0.3 is 0 Å². The second kappa shape index (κ2) is 5.89. The minimum Gasteiger partial charge on any atom is -0.247 e. The van der Waals surface area contributed by atoms with Gasteiger partial charge >= 0.3 is 5.51 Å². The second-order valence-corrected chi connectivity index (χ2v) is 6.44. The number of hydrogen-bond acceptors (Lipinski definition) is 2. The van der Waals surface area contributed by atoms with E-state index in [4.69, 9.17) is 0 Å². The summed E-state index contributed by atoms with van der Waals surface area (Å²) in [7, 11) is 0. The van der Waals surface area contributed by atoms with Crippen LogP contribution in [-0.4, -0.2) is 10.5 Å². The molecule has 118 valence electrons. The zero-order valence-corrected chi connectivity index (χ0v) is 13.4. The molecule has 0 atom stereocenters. The van der Waals surface area contributed by atoms with Crippen LogP contribution in [0, 0.1) is 13.8 Å². The van der Waals surface area contributed by atoms with E-state index < -0.39 is 5.51 Å². The normalized spacial score (nSPS) is 11.9. The lowest BCUT2D eigenvalue weighted by molar-refractivity contribution is -0.0328. The van der Waals surface area contributed by atoms with Crippen LogP contribution in [-0.2, 0) is 0 Å². The Balaban J connectivity index is 2.15. The molecule has 2 aromatic carbocycles. The van der Waals surface area contributed by atoms with E-state index in [-0.39, 0.29) is 16.7 Å². The van der Waals surface area contributed by atoms with Crippen molar-refractivity contribution in [2.45, 2.75) is 24.3 Å². The fourth-order valence-corrected chi connectivity index (χ4v) is 3.15. The Kier molecular flexibility index (Phi) is 4.06. The highest BCUT2D eigenvalue weighted by molar-refractivity contribution is 8.00. The molecule has 3 aromatic rings. The Hall–Kier alpha value is -2.01. The van der Waals surface area contributed by atoms with Crippen molar-refractivity contribution in [3.63, 3.8) is 0 Å². The predicted molar refractivity (Wildman–Crippen MR) is 88.6 cm³/mol. The number of rotatable bonds is 2. The van der Waals surface area contributed by atoms with Crippen LogP contribution in [0.2, 0.25) is 0 Å². The first-order valence-corrected chi connectivity index (χ1v) is 7.89. The molecule has 23 heavy (non-hydrogen) atoms. The molecule has 0 aliphatic carbocycles. The molecule has 0 bridgehead atoms. The maximum Gasteiger partial charge on any atom is 0.446 e. The molecule has 0 aliphatic rings. The van der Waals surface area contributed by atoms with Crippen molar-refractivity contribution in [2.24, 2.45) is 0 Å². The predicted octanol–water partition coefficient (Wildman–Crippen LogP) is 6.13. The van der Waals surface area contributed by atoms with Crippen LogP contribution in [0.1, 0.15) is 11.1 Å². The fraction of sp³-hybridized carbons (Fsp3) is 0.167. The highest BCUT2D eigenvalue weighted by Crippen LogP contribution is 2.39. The van der Waals surface area contributed by atoms with Gasteiger partial charge in [-0.2, -0.15) is 13.2 Å². The van der Waals surface area contributed by atoms with Crippen molar-refractivity contribution >= 4 is 22.7 Å². The SMILES string of the molecule is Cc1c(-c2ccccc2)nc2ccc(SC(F)(F)F)cc2c1C. The molecule has 0 radical (unpaired) electrons. The van der Waals surface area contributed by atoms with Crippen molar-refractivity contribution in [2.75, 3.05) is 0 Å². The highest BCUT2D eigenvalue weighted by atomic mass is 32.2. The van der Waals surface area contributed by atoms with Crippen LogP contribution in [0.15, 0.2) is 53.4 Å². The van der Waals surface area contributed by atoms with E-state index >= 15 is 0 Å². The number of fused-ring (bicyclic) bond motifs is 1. The minimum atomic E-state index is -4.28. The van der Waals surface area contributed by atoms with Crippen LogP contribution in [0.3, 0.4) is 0 Å². The summed E-state index contributed by atoms with van der Waals surface area (Å²) in [5.74, 6) is 0. The van der Waals surface area contributed by atoms with Gasteiger partial charge in [-0.25, -0.2) is 4.98 Å². The van der Waals surface area contributed by atoms with Gasteiger partial charge in [-0.15, -0.1) is 0 Å². The van der Waals surface area contributed by atoms with Crippen molar-refractivity contribution in [3.8, 4) is 11.3 Å². The smallest absolute Gasteiger partial charge is 0.247 e. The molecule has 0 N–H and O–H groups in total. The van der Waals surface area contributed by atoms with Gasteiger partial charge in [-0.3, -0.25) is 0 Å². The molecular formula is C18H14F3NS. The molecule has 0 aliphatic heterocycles. The Bertz CT molecular complexity index is 858. The molecule has 1 aromatic heterocycles. The first kappa shape index (κ1) is 15.9. The van der Waals surface area contributed by atoms with E-state index in [2.05, 4.69) is 4.98 Å². The van der Waals surface area contributed by atoms with E-state index in [1.165, 1.54) is 6.07 Å².